The molecule has 0 atom stereocenters. The molecule has 4 aromatic rings. The van der Waals surface area contributed by atoms with Gasteiger partial charge in [0.2, 0.25) is 5.95 Å². The third-order valence-electron chi connectivity index (χ3n) is 3.55. The quantitative estimate of drug-likeness (QED) is 0.603. The number of rotatable bonds is 3. The van der Waals surface area contributed by atoms with Crippen molar-refractivity contribution in [1.82, 2.24) is 14.6 Å². The van der Waals surface area contributed by atoms with Crippen LogP contribution in [0, 0.1) is 0 Å². The van der Waals surface area contributed by atoms with Crippen molar-refractivity contribution in [3.05, 3.63) is 72.8 Å². The van der Waals surface area contributed by atoms with Gasteiger partial charge in [0, 0.05) is 11.3 Å². The Labute approximate surface area is 132 Å². The summed E-state index contributed by atoms with van der Waals surface area (Å²) in [5, 5.41) is 17.2. The minimum atomic E-state index is 0.242. The number of hydrogen-bond donors (Lipinski definition) is 2. The largest absolute Gasteiger partial charge is 0.508 e. The molecular weight excluding hydrogens is 288 g/mol. The van der Waals surface area contributed by atoms with Crippen molar-refractivity contribution in [2.75, 3.05) is 5.32 Å². The number of aromatic nitrogens is 3. The summed E-state index contributed by atoms with van der Waals surface area (Å²) >= 11 is 0. The number of aromatic hydroxyl groups is 1. The van der Waals surface area contributed by atoms with Crippen LogP contribution < -0.4 is 5.32 Å². The van der Waals surface area contributed by atoms with E-state index in [9.17, 15) is 5.11 Å². The van der Waals surface area contributed by atoms with Gasteiger partial charge in [-0.1, -0.05) is 24.3 Å². The van der Waals surface area contributed by atoms with Crippen molar-refractivity contribution in [1.29, 1.82) is 0 Å². The van der Waals surface area contributed by atoms with E-state index in [1.807, 2.05) is 60.7 Å². The number of pyridine rings is 1. The second-order valence-corrected chi connectivity index (χ2v) is 5.15. The zero-order valence-electron chi connectivity index (χ0n) is 12.2. The summed E-state index contributed by atoms with van der Waals surface area (Å²) in [7, 11) is 0. The fourth-order valence-corrected chi connectivity index (χ4v) is 2.46. The molecule has 0 amide bonds. The van der Waals surface area contributed by atoms with Crippen LogP contribution in [0.15, 0.2) is 72.8 Å². The molecule has 2 heterocycles. The number of nitrogens with one attached hydrogen (secondary N) is 1. The number of para-hydroxylation sites is 1. The van der Waals surface area contributed by atoms with Gasteiger partial charge < -0.3 is 10.4 Å². The summed E-state index contributed by atoms with van der Waals surface area (Å²) in [5.41, 5.74) is 3.57. The summed E-state index contributed by atoms with van der Waals surface area (Å²) in [6.07, 6.45) is 0. The van der Waals surface area contributed by atoms with Crippen LogP contribution in [0.5, 0.6) is 5.75 Å². The van der Waals surface area contributed by atoms with E-state index in [0.29, 0.717) is 5.95 Å². The van der Waals surface area contributed by atoms with Gasteiger partial charge in [-0.25, -0.2) is 4.52 Å². The van der Waals surface area contributed by atoms with Gasteiger partial charge in [0.05, 0.1) is 5.69 Å². The van der Waals surface area contributed by atoms with Crippen LogP contribution in [0.2, 0.25) is 0 Å². The first-order chi connectivity index (χ1) is 11.3. The van der Waals surface area contributed by atoms with Gasteiger partial charge in [0.25, 0.3) is 0 Å². The molecule has 0 aliphatic rings. The average Bonchev–Trinajstić information content (AvgIpc) is 2.99. The Kier molecular flexibility index (Phi) is 3.16. The highest BCUT2D eigenvalue weighted by Crippen LogP contribution is 2.23. The van der Waals surface area contributed by atoms with Crippen molar-refractivity contribution in [3.63, 3.8) is 0 Å². The zero-order chi connectivity index (χ0) is 15.6. The Hall–Kier alpha value is -3.34. The molecule has 0 bridgehead atoms. The number of benzene rings is 2. The van der Waals surface area contributed by atoms with Gasteiger partial charge in [-0.2, -0.15) is 4.98 Å². The van der Waals surface area contributed by atoms with Crippen LogP contribution in [0.1, 0.15) is 0 Å². The summed E-state index contributed by atoms with van der Waals surface area (Å²) in [4.78, 5) is 4.50. The minimum Gasteiger partial charge on any atom is -0.508 e. The molecular formula is C18H14N4O. The highest BCUT2D eigenvalue weighted by atomic mass is 16.3. The third-order valence-corrected chi connectivity index (χ3v) is 3.55. The van der Waals surface area contributed by atoms with E-state index in [4.69, 9.17) is 0 Å². The predicted octanol–water partition coefficient (Wildman–Crippen LogP) is 3.85. The molecule has 112 valence electrons. The Morgan fingerprint density at radius 1 is 0.826 bits per heavy atom. The monoisotopic (exact) mass is 302 g/mol. The number of anilines is 2. The number of phenolic OH excluding ortho intramolecular Hbond substituents is 1. The van der Waals surface area contributed by atoms with Gasteiger partial charge >= 0.3 is 0 Å². The number of nitrogens with zero attached hydrogens (tertiary/aromatic N) is 3. The molecule has 0 radical (unpaired) electrons. The topological polar surface area (TPSA) is 62.5 Å². The molecule has 2 aromatic carbocycles. The van der Waals surface area contributed by atoms with Crippen LogP contribution in [0.25, 0.3) is 16.9 Å². The van der Waals surface area contributed by atoms with E-state index in [1.54, 1.807) is 16.6 Å². The predicted molar refractivity (Wildman–Crippen MR) is 89.8 cm³/mol. The first-order valence-electron chi connectivity index (χ1n) is 7.27. The third kappa shape index (κ3) is 2.60. The Balaban J connectivity index is 1.77. The lowest BCUT2D eigenvalue weighted by atomic mass is 10.1. The van der Waals surface area contributed by atoms with Gasteiger partial charge in [0.15, 0.2) is 5.65 Å². The second kappa shape index (κ2) is 5.46. The zero-order valence-corrected chi connectivity index (χ0v) is 12.2. The van der Waals surface area contributed by atoms with Crippen LogP contribution >= 0.6 is 0 Å². The molecule has 0 aliphatic carbocycles. The minimum absolute atomic E-state index is 0.242. The highest BCUT2D eigenvalue weighted by Gasteiger charge is 2.09. The van der Waals surface area contributed by atoms with Crippen molar-refractivity contribution in [2.24, 2.45) is 0 Å². The van der Waals surface area contributed by atoms with E-state index in [0.717, 1.165) is 22.6 Å². The van der Waals surface area contributed by atoms with Gasteiger partial charge in [0.1, 0.15) is 5.75 Å². The molecule has 5 heteroatoms. The lowest BCUT2D eigenvalue weighted by molar-refractivity contribution is 0.475. The summed E-state index contributed by atoms with van der Waals surface area (Å²) in [6, 6.07) is 22.7. The standard InChI is InChI=1S/C18H14N4O/c23-15-11-9-13(10-12-15)16-7-4-8-17-20-18(21-22(16)17)19-14-5-2-1-3-6-14/h1-12,23H,(H,19,21). The average molecular weight is 302 g/mol. The SMILES string of the molecule is Oc1ccc(-c2cccc3nc(Nc4ccccc4)nn23)cc1. The lowest BCUT2D eigenvalue weighted by Gasteiger charge is -2.04. The fourth-order valence-electron chi connectivity index (χ4n) is 2.46. The normalized spacial score (nSPS) is 10.8. The number of hydrogen-bond acceptors (Lipinski definition) is 4. The smallest absolute Gasteiger partial charge is 0.247 e. The fraction of sp³-hybridized carbons (Fsp3) is 0. The second-order valence-electron chi connectivity index (χ2n) is 5.15. The Morgan fingerprint density at radius 3 is 2.39 bits per heavy atom. The first kappa shape index (κ1) is 13.3. The number of fused-ring (bicyclic) bond motifs is 1. The van der Waals surface area contributed by atoms with Crippen molar-refractivity contribution >= 4 is 17.3 Å². The van der Waals surface area contributed by atoms with Gasteiger partial charge in [-0.3, -0.25) is 0 Å². The van der Waals surface area contributed by atoms with Crippen LogP contribution in [-0.4, -0.2) is 19.7 Å². The Morgan fingerprint density at radius 2 is 1.61 bits per heavy atom. The molecule has 0 unspecified atom stereocenters. The summed E-state index contributed by atoms with van der Waals surface area (Å²) < 4.78 is 1.79. The van der Waals surface area contributed by atoms with E-state index in [2.05, 4.69) is 15.4 Å². The van der Waals surface area contributed by atoms with Crippen LogP contribution in [0.3, 0.4) is 0 Å². The lowest BCUT2D eigenvalue weighted by Crippen LogP contribution is -1.95. The maximum Gasteiger partial charge on any atom is 0.247 e. The molecule has 0 spiro atoms. The molecule has 23 heavy (non-hydrogen) atoms. The molecule has 2 aromatic heterocycles. The van der Waals surface area contributed by atoms with Crippen LogP contribution in [-0.2, 0) is 0 Å². The molecule has 4 rings (SSSR count). The molecule has 0 saturated carbocycles. The van der Waals surface area contributed by atoms with Crippen LogP contribution in [0.4, 0.5) is 11.6 Å². The molecule has 0 aliphatic heterocycles. The molecule has 5 nitrogen and oxygen atoms in total. The van der Waals surface area contributed by atoms with Gasteiger partial charge in [-0.05, 0) is 48.5 Å². The maximum atomic E-state index is 9.44. The summed E-state index contributed by atoms with van der Waals surface area (Å²) in [5.74, 6) is 0.786. The van der Waals surface area contributed by atoms with E-state index >= 15 is 0 Å². The molecule has 2 N–H and O–H groups in total. The Bertz CT molecular complexity index is 946. The number of phenols is 1. The molecule has 0 fully saturated rings. The van der Waals surface area contributed by atoms with Crippen molar-refractivity contribution in [2.45, 2.75) is 0 Å². The summed E-state index contributed by atoms with van der Waals surface area (Å²) in [6.45, 7) is 0. The van der Waals surface area contributed by atoms with Crippen molar-refractivity contribution < 1.29 is 5.11 Å². The van der Waals surface area contributed by atoms with E-state index in [-0.39, 0.29) is 5.75 Å². The van der Waals surface area contributed by atoms with E-state index < -0.39 is 0 Å². The van der Waals surface area contributed by atoms with Gasteiger partial charge in [-0.15, -0.1) is 5.10 Å². The first-order valence-corrected chi connectivity index (χ1v) is 7.27. The van der Waals surface area contributed by atoms with E-state index in [1.165, 1.54) is 0 Å². The highest BCUT2D eigenvalue weighted by molar-refractivity contribution is 5.65. The molecule has 0 saturated heterocycles. The maximum absolute atomic E-state index is 9.44. The van der Waals surface area contributed by atoms with Crippen molar-refractivity contribution in [3.8, 4) is 17.0 Å².